The summed E-state index contributed by atoms with van der Waals surface area (Å²) in [6.45, 7) is 5.18. The van der Waals surface area contributed by atoms with Crippen molar-refractivity contribution in [2.45, 2.75) is 31.3 Å². The molecule has 0 saturated carbocycles. The minimum absolute atomic E-state index is 0.139. The Balaban J connectivity index is 2.21. The van der Waals surface area contributed by atoms with Crippen molar-refractivity contribution >= 4 is 11.8 Å². The first-order chi connectivity index (χ1) is 7.88. The zero-order chi connectivity index (χ0) is 12.7. The number of rotatable bonds is 1. The lowest BCUT2D eigenvalue weighted by molar-refractivity contribution is -0.153. The van der Waals surface area contributed by atoms with Gasteiger partial charge in [-0.15, -0.1) is 0 Å². The Labute approximate surface area is 100 Å². The number of piperazine rings is 1. The summed E-state index contributed by atoms with van der Waals surface area (Å²) in [7, 11) is 0. The summed E-state index contributed by atoms with van der Waals surface area (Å²) < 4.78 is 5.19. The first-order valence-corrected chi connectivity index (χ1v) is 5.85. The molecule has 1 atom stereocenters. The number of hydrogen-bond acceptors (Lipinski definition) is 4. The van der Waals surface area contributed by atoms with Gasteiger partial charge >= 0.3 is 0 Å². The van der Waals surface area contributed by atoms with Gasteiger partial charge in [0.1, 0.15) is 11.1 Å². The molecule has 2 saturated heterocycles. The second kappa shape index (κ2) is 3.96. The molecule has 96 valence electrons. The molecule has 0 aliphatic carbocycles. The van der Waals surface area contributed by atoms with E-state index in [4.69, 9.17) is 10.5 Å². The van der Waals surface area contributed by atoms with Crippen LogP contribution in [0.2, 0.25) is 0 Å². The molecular weight excluding hydrogens is 222 g/mol. The second-order valence-corrected chi connectivity index (χ2v) is 5.23. The summed E-state index contributed by atoms with van der Waals surface area (Å²) in [6.07, 6.45) is 0.514. The van der Waals surface area contributed by atoms with Crippen molar-refractivity contribution in [3.63, 3.8) is 0 Å². The summed E-state index contributed by atoms with van der Waals surface area (Å²) in [6, 6.07) is 0. The van der Waals surface area contributed by atoms with Crippen LogP contribution >= 0.6 is 0 Å². The standard InChI is InChI=1S/C11H19N3O3/c1-10(2)8(15)13-4-5-14(10)9(16)11(12)3-6-17-7-11/h3-7,12H2,1-2H3,(H,13,15). The Morgan fingerprint density at radius 3 is 2.82 bits per heavy atom. The number of nitrogens with zero attached hydrogens (tertiary/aromatic N) is 1. The van der Waals surface area contributed by atoms with Gasteiger partial charge in [-0.2, -0.15) is 0 Å². The van der Waals surface area contributed by atoms with E-state index in [0.717, 1.165) is 0 Å². The molecule has 2 aliphatic heterocycles. The quantitative estimate of drug-likeness (QED) is 0.606. The number of nitrogens with two attached hydrogens (primary N) is 1. The molecule has 2 rings (SSSR count). The van der Waals surface area contributed by atoms with Crippen LogP contribution in [0.5, 0.6) is 0 Å². The smallest absolute Gasteiger partial charge is 0.246 e. The fourth-order valence-corrected chi connectivity index (χ4v) is 2.27. The van der Waals surface area contributed by atoms with E-state index in [1.807, 2.05) is 0 Å². The molecule has 2 heterocycles. The molecule has 0 bridgehead atoms. The highest BCUT2D eigenvalue weighted by atomic mass is 16.5. The lowest BCUT2D eigenvalue weighted by Gasteiger charge is -2.44. The maximum atomic E-state index is 12.4. The van der Waals surface area contributed by atoms with E-state index in [1.54, 1.807) is 18.7 Å². The fourth-order valence-electron chi connectivity index (χ4n) is 2.27. The number of carbonyl (C=O) groups is 2. The average Bonchev–Trinajstić information content (AvgIpc) is 2.70. The molecule has 17 heavy (non-hydrogen) atoms. The first kappa shape index (κ1) is 12.3. The van der Waals surface area contributed by atoms with Gasteiger partial charge in [0.25, 0.3) is 0 Å². The van der Waals surface area contributed by atoms with Gasteiger partial charge < -0.3 is 20.7 Å². The Morgan fingerprint density at radius 1 is 1.53 bits per heavy atom. The Morgan fingerprint density at radius 2 is 2.24 bits per heavy atom. The van der Waals surface area contributed by atoms with E-state index in [-0.39, 0.29) is 18.4 Å². The average molecular weight is 241 g/mol. The van der Waals surface area contributed by atoms with Crippen LogP contribution < -0.4 is 11.1 Å². The highest BCUT2D eigenvalue weighted by Crippen LogP contribution is 2.25. The molecular formula is C11H19N3O3. The van der Waals surface area contributed by atoms with Crippen molar-refractivity contribution in [3.8, 4) is 0 Å². The van der Waals surface area contributed by atoms with Crippen LogP contribution in [0.3, 0.4) is 0 Å². The fraction of sp³-hybridized carbons (Fsp3) is 0.818. The van der Waals surface area contributed by atoms with Gasteiger partial charge in [0.05, 0.1) is 6.61 Å². The van der Waals surface area contributed by atoms with Crippen molar-refractivity contribution in [1.82, 2.24) is 10.2 Å². The third-order valence-corrected chi connectivity index (χ3v) is 3.57. The summed E-state index contributed by atoms with van der Waals surface area (Å²) in [5.41, 5.74) is 4.25. The van der Waals surface area contributed by atoms with Crippen LogP contribution in [0.4, 0.5) is 0 Å². The maximum absolute atomic E-state index is 12.4. The van der Waals surface area contributed by atoms with E-state index in [9.17, 15) is 9.59 Å². The van der Waals surface area contributed by atoms with Gasteiger partial charge in [-0.05, 0) is 20.3 Å². The van der Waals surface area contributed by atoms with Crippen LogP contribution in [-0.2, 0) is 14.3 Å². The lowest BCUT2D eigenvalue weighted by atomic mass is 9.92. The van der Waals surface area contributed by atoms with Gasteiger partial charge in [0.2, 0.25) is 11.8 Å². The van der Waals surface area contributed by atoms with Gasteiger partial charge in [0.15, 0.2) is 0 Å². The van der Waals surface area contributed by atoms with E-state index in [0.29, 0.717) is 26.1 Å². The topological polar surface area (TPSA) is 84.7 Å². The van der Waals surface area contributed by atoms with E-state index in [2.05, 4.69) is 5.32 Å². The van der Waals surface area contributed by atoms with Crippen molar-refractivity contribution in [2.75, 3.05) is 26.3 Å². The van der Waals surface area contributed by atoms with Gasteiger partial charge in [-0.1, -0.05) is 0 Å². The van der Waals surface area contributed by atoms with E-state index in [1.165, 1.54) is 0 Å². The molecule has 0 aromatic rings. The largest absolute Gasteiger partial charge is 0.379 e. The third kappa shape index (κ3) is 1.91. The molecule has 2 amide bonds. The minimum Gasteiger partial charge on any atom is -0.379 e. The number of amides is 2. The summed E-state index contributed by atoms with van der Waals surface area (Å²) in [5.74, 6) is -0.325. The predicted octanol–water partition coefficient (Wildman–Crippen LogP) is -1.16. The molecule has 0 aromatic carbocycles. The van der Waals surface area contributed by atoms with Crippen molar-refractivity contribution in [1.29, 1.82) is 0 Å². The maximum Gasteiger partial charge on any atom is 0.246 e. The van der Waals surface area contributed by atoms with E-state index < -0.39 is 11.1 Å². The molecule has 2 aliphatic rings. The van der Waals surface area contributed by atoms with Gasteiger partial charge in [0, 0.05) is 19.7 Å². The van der Waals surface area contributed by atoms with Gasteiger partial charge in [-0.3, -0.25) is 9.59 Å². The highest BCUT2D eigenvalue weighted by Gasteiger charge is 2.48. The molecule has 0 radical (unpaired) electrons. The van der Waals surface area contributed by atoms with Crippen LogP contribution in [0, 0.1) is 0 Å². The normalized spacial score (nSPS) is 32.4. The van der Waals surface area contributed by atoms with Crippen molar-refractivity contribution in [3.05, 3.63) is 0 Å². The SMILES string of the molecule is CC1(C)C(=O)NCCN1C(=O)C1(N)CCOC1. The molecule has 0 aromatic heterocycles. The Hall–Kier alpha value is -1.14. The number of ether oxygens (including phenoxy) is 1. The zero-order valence-corrected chi connectivity index (χ0v) is 10.3. The third-order valence-electron chi connectivity index (χ3n) is 3.57. The Bertz CT molecular complexity index is 348. The van der Waals surface area contributed by atoms with E-state index >= 15 is 0 Å². The van der Waals surface area contributed by atoms with Gasteiger partial charge in [-0.25, -0.2) is 0 Å². The molecule has 1 unspecified atom stereocenters. The van der Waals surface area contributed by atoms with Crippen LogP contribution in [0.1, 0.15) is 20.3 Å². The molecule has 6 nitrogen and oxygen atoms in total. The first-order valence-electron chi connectivity index (χ1n) is 5.85. The molecule has 3 N–H and O–H groups in total. The molecule has 0 spiro atoms. The van der Waals surface area contributed by atoms with Crippen LogP contribution in [0.25, 0.3) is 0 Å². The zero-order valence-electron chi connectivity index (χ0n) is 10.3. The summed E-state index contributed by atoms with van der Waals surface area (Å²) in [5, 5.41) is 2.76. The van der Waals surface area contributed by atoms with Crippen LogP contribution in [-0.4, -0.2) is 54.1 Å². The molecule has 6 heteroatoms. The number of nitrogens with one attached hydrogen (secondary N) is 1. The van der Waals surface area contributed by atoms with Crippen molar-refractivity contribution in [2.24, 2.45) is 5.73 Å². The Kier molecular flexibility index (Phi) is 2.87. The highest BCUT2D eigenvalue weighted by molar-refractivity contribution is 5.95. The van der Waals surface area contributed by atoms with Crippen molar-refractivity contribution < 1.29 is 14.3 Å². The monoisotopic (exact) mass is 241 g/mol. The predicted molar refractivity (Wildman–Crippen MR) is 61.2 cm³/mol. The summed E-state index contributed by atoms with van der Waals surface area (Å²) >= 11 is 0. The molecule has 2 fully saturated rings. The second-order valence-electron chi connectivity index (χ2n) is 5.23. The lowest BCUT2D eigenvalue weighted by Crippen LogP contribution is -2.68. The number of carbonyl (C=O) groups excluding carboxylic acids is 2. The number of hydrogen-bond donors (Lipinski definition) is 2. The summed E-state index contributed by atoms with van der Waals surface area (Å²) in [4.78, 5) is 25.8. The van der Waals surface area contributed by atoms with Crippen LogP contribution in [0.15, 0.2) is 0 Å². The minimum atomic E-state index is -0.963.